The Labute approximate surface area is 206 Å². The average Bonchev–Trinajstić information content (AvgIpc) is 2.87. The number of likely N-dealkylation sites (tertiary alicyclic amines) is 1. The zero-order valence-corrected chi connectivity index (χ0v) is 20.8. The van der Waals surface area contributed by atoms with Crippen molar-refractivity contribution in [3.63, 3.8) is 0 Å². The molecule has 35 heavy (non-hydrogen) atoms. The number of aliphatic imine (C=N–C) groups is 1. The van der Waals surface area contributed by atoms with Crippen LogP contribution in [0.5, 0.6) is 5.75 Å². The largest absolute Gasteiger partial charge is 0.495 e. The van der Waals surface area contributed by atoms with Crippen LogP contribution in [0.1, 0.15) is 37.2 Å². The van der Waals surface area contributed by atoms with Crippen LogP contribution in [0.3, 0.4) is 0 Å². The lowest BCUT2D eigenvalue weighted by Gasteiger charge is -2.22. The molecule has 0 aliphatic carbocycles. The van der Waals surface area contributed by atoms with Crippen LogP contribution in [0.25, 0.3) is 22.0 Å². The number of hydrogen-bond donors (Lipinski definition) is 1. The van der Waals surface area contributed by atoms with E-state index in [1.54, 1.807) is 13.2 Å². The number of carbonyl (C=O) groups excluding carboxylic acids is 1. The maximum Gasteiger partial charge on any atom is 0.295 e. The molecule has 0 saturated carbocycles. The van der Waals surface area contributed by atoms with E-state index < -0.39 is 5.41 Å². The van der Waals surface area contributed by atoms with Crippen molar-refractivity contribution >= 4 is 28.1 Å². The van der Waals surface area contributed by atoms with Crippen LogP contribution < -0.4 is 10.1 Å². The van der Waals surface area contributed by atoms with Gasteiger partial charge in [-0.2, -0.15) is 5.26 Å². The zero-order valence-electron chi connectivity index (χ0n) is 20.8. The molecule has 0 bridgehead atoms. The molecule has 0 radical (unpaired) electrons. The van der Waals surface area contributed by atoms with Gasteiger partial charge >= 0.3 is 0 Å². The molecule has 1 fully saturated rings. The Morgan fingerprint density at radius 3 is 2.80 bits per heavy atom. The predicted octanol–water partition coefficient (Wildman–Crippen LogP) is 5.18. The highest BCUT2D eigenvalue weighted by atomic mass is 16.5. The van der Waals surface area contributed by atoms with Gasteiger partial charge in [-0.15, -0.1) is 0 Å². The van der Waals surface area contributed by atoms with Gasteiger partial charge in [0, 0.05) is 29.8 Å². The van der Waals surface area contributed by atoms with Gasteiger partial charge < -0.3 is 15.0 Å². The minimum atomic E-state index is -0.532. The fourth-order valence-corrected chi connectivity index (χ4v) is 4.19. The first-order valence-corrected chi connectivity index (χ1v) is 11.8. The first kappa shape index (κ1) is 24.4. The molecule has 180 valence electrons. The standard InChI is InChI=1S/C28H31N5O2/c1-28(2,17-29)18-30-26-22-15-20(11-10-19(22)12-13-25(26)35-4)23-8-5-9-24(32-23)27(34)31-21-7-6-14-33(3)16-21/h5,8-13,15,30H,6-7,14,16,18H2,1-4H3. The second kappa shape index (κ2) is 10.2. The predicted molar refractivity (Wildman–Crippen MR) is 140 cm³/mol. The van der Waals surface area contributed by atoms with E-state index in [2.05, 4.69) is 26.3 Å². The second-order valence-corrected chi connectivity index (χ2v) is 9.66. The summed E-state index contributed by atoms with van der Waals surface area (Å²) in [6.07, 6.45) is 1.86. The number of piperidine rings is 1. The number of nitrogens with zero attached hydrogens (tertiary/aromatic N) is 4. The Morgan fingerprint density at radius 2 is 2.06 bits per heavy atom. The van der Waals surface area contributed by atoms with Gasteiger partial charge in [-0.3, -0.25) is 4.79 Å². The van der Waals surface area contributed by atoms with Crippen molar-refractivity contribution in [3.05, 3.63) is 54.2 Å². The fourth-order valence-electron chi connectivity index (χ4n) is 4.19. The first-order chi connectivity index (χ1) is 16.8. The number of carbonyl (C=O) groups is 1. The van der Waals surface area contributed by atoms with E-state index >= 15 is 0 Å². The number of nitriles is 1. The molecule has 0 unspecified atom stereocenters. The second-order valence-electron chi connectivity index (χ2n) is 9.66. The maximum atomic E-state index is 12.8. The van der Waals surface area contributed by atoms with Crippen molar-refractivity contribution in [1.29, 1.82) is 5.26 Å². The van der Waals surface area contributed by atoms with Crippen molar-refractivity contribution in [3.8, 4) is 23.1 Å². The molecular weight excluding hydrogens is 438 g/mol. The zero-order chi connectivity index (χ0) is 25.0. The molecule has 2 aromatic carbocycles. The summed E-state index contributed by atoms with van der Waals surface area (Å²) in [7, 11) is 3.67. The molecule has 1 aliphatic heterocycles. The highest BCUT2D eigenvalue weighted by molar-refractivity contribution is 6.04. The van der Waals surface area contributed by atoms with Crippen LogP contribution in [0, 0.1) is 16.7 Å². The van der Waals surface area contributed by atoms with Crippen molar-refractivity contribution < 1.29 is 9.53 Å². The van der Waals surface area contributed by atoms with E-state index in [1.165, 1.54) is 0 Å². The van der Waals surface area contributed by atoms with E-state index in [-0.39, 0.29) is 5.91 Å². The summed E-state index contributed by atoms with van der Waals surface area (Å²) >= 11 is 0. The molecule has 3 aromatic rings. The third-order valence-corrected chi connectivity index (χ3v) is 6.19. The summed E-state index contributed by atoms with van der Waals surface area (Å²) in [5.74, 6) is 0.397. The number of rotatable bonds is 6. The third-order valence-electron chi connectivity index (χ3n) is 6.19. The van der Waals surface area contributed by atoms with E-state index in [4.69, 9.17) is 4.74 Å². The molecule has 1 saturated heterocycles. The lowest BCUT2D eigenvalue weighted by molar-refractivity contribution is 0.0997. The minimum Gasteiger partial charge on any atom is -0.495 e. The topological polar surface area (TPSA) is 90.6 Å². The normalized spacial score (nSPS) is 15.7. The molecule has 1 aromatic heterocycles. The number of nitrogens with one attached hydrogen (secondary N) is 1. The highest BCUT2D eigenvalue weighted by Crippen LogP contribution is 2.36. The molecule has 7 nitrogen and oxygen atoms in total. The Morgan fingerprint density at radius 1 is 1.26 bits per heavy atom. The lowest BCUT2D eigenvalue weighted by atomic mass is 9.95. The van der Waals surface area contributed by atoms with Gasteiger partial charge in [-0.1, -0.05) is 24.3 Å². The summed E-state index contributed by atoms with van der Waals surface area (Å²) in [4.78, 5) is 24.0. The Bertz CT molecular complexity index is 1320. The molecule has 0 atom stereocenters. The number of fused-ring (bicyclic) bond motifs is 1. The Hall–Kier alpha value is -3.76. The molecule has 1 N–H and O–H groups in total. The SMILES string of the molecule is COc1ccc2ccc(-c3cccc(C(=O)N=C4CCCN(C)C4)n3)cc2c1NCC(C)(C)C#N. The molecule has 2 heterocycles. The molecule has 1 aliphatic rings. The Balaban J connectivity index is 1.68. The van der Waals surface area contributed by atoms with Crippen molar-refractivity contribution in [2.24, 2.45) is 10.4 Å². The van der Waals surface area contributed by atoms with Crippen LogP contribution in [0.15, 0.2) is 53.5 Å². The van der Waals surface area contributed by atoms with Gasteiger partial charge in [0.2, 0.25) is 0 Å². The van der Waals surface area contributed by atoms with Gasteiger partial charge in [0.1, 0.15) is 11.4 Å². The number of pyridine rings is 1. The van der Waals surface area contributed by atoms with Crippen LogP contribution in [-0.4, -0.2) is 55.3 Å². The molecule has 1 amide bonds. The van der Waals surface area contributed by atoms with E-state index in [9.17, 15) is 10.1 Å². The van der Waals surface area contributed by atoms with Crippen LogP contribution in [0.2, 0.25) is 0 Å². The smallest absolute Gasteiger partial charge is 0.295 e. The average molecular weight is 470 g/mol. The van der Waals surface area contributed by atoms with Crippen LogP contribution in [-0.2, 0) is 0 Å². The number of methoxy groups -OCH3 is 1. The molecule has 0 spiro atoms. The molecule has 4 rings (SSSR count). The number of amides is 1. The summed E-state index contributed by atoms with van der Waals surface area (Å²) in [6.45, 7) is 6.00. The summed E-state index contributed by atoms with van der Waals surface area (Å²) < 4.78 is 5.60. The van der Waals surface area contributed by atoms with Gasteiger partial charge in [0.25, 0.3) is 5.91 Å². The summed E-state index contributed by atoms with van der Waals surface area (Å²) in [5, 5.41) is 14.8. The fraction of sp³-hybridized carbons (Fsp3) is 0.357. The van der Waals surface area contributed by atoms with Crippen molar-refractivity contribution in [1.82, 2.24) is 9.88 Å². The van der Waals surface area contributed by atoms with Gasteiger partial charge in [0.15, 0.2) is 0 Å². The van der Waals surface area contributed by atoms with E-state index in [0.29, 0.717) is 23.7 Å². The summed E-state index contributed by atoms with van der Waals surface area (Å²) in [5.41, 5.74) is 3.12. The van der Waals surface area contributed by atoms with Gasteiger partial charge in [-0.05, 0) is 69.9 Å². The van der Waals surface area contributed by atoms with Gasteiger partial charge in [0.05, 0.1) is 30.0 Å². The maximum absolute atomic E-state index is 12.8. The van der Waals surface area contributed by atoms with Crippen LogP contribution >= 0.6 is 0 Å². The minimum absolute atomic E-state index is 0.305. The number of hydrogen-bond acceptors (Lipinski definition) is 6. The van der Waals surface area contributed by atoms with Crippen LogP contribution in [0.4, 0.5) is 5.69 Å². The number of benzene rings is 2. The molecular formula is C28H31N5O2. The summed E-state index contributed by atoms with van der Waals surface area (Å²) in [6, 6.07) is 17.8. The van der Waals surface area contributed by atoms with E-state index in [1.807, 2.05) is 63.4 Å². The van der Waals surface area contributed by atoms with Gasteiger partial charge in [-0.25, -0.2) is 9.98 Å². The Kier molecular flexibility index (Phi) is 7.13. The third kappa shape index (κ3) is 5.67. The highest BCUT2D eigenvalue weighted by Gasteiger charge is 2.19. The molecule has 7 heteroatoms. The first-order valence-electron chi connectivity index (χ1n) is 11.8. The number of ether oxygens (including phenoxy) is 1. The van der Waals surface area contributed by atoms with Crippen molar-refractivity contribution in [2.45, 2.75) is 26.7 Å². The number of aromatic nitrogens is 1. The van der Waals surface area contributed by atoms with E-state index in [0.717, 1.165) is 53.7 Å². The van der Waals surface area contributed by atoms with Crippen molar-refractivity contribution in [2.75, 3.05) is 39.1 Å². The lowest BCUT2D eigenvalue weighted by Crippen LogP contribution is -2.32. The quantitative estimate of drug-likeness (QED) is 0.535. The monoisotopic (exact) mass is 469 g/mol. The number of anilines is 1.